The van der Waals surface area contributed by atoms with Gasteiger partial charge in [0.15, 0.2) is 0 Å². The molecule has 0 rings (SSSR count). The van der Waals surface area contributed by atoms with Gasteiger partial charge in [0.2, 0.25) is 5.91 Å². The largest absolute Gasteiger partial charge is 0.466 e. The first-order chi connectivity index (χ1) is 35.5. The lowest BCUT2D eigenvalue weighted by molar-refractivity contribution is -0.143. The molecule has 0 bridgehead atoms. The molecule has 1 amide bonds. The SMILES string of the molecule is CCCCCCCCCCCCCCCCCCCCC(O)C(CO)NC(=O)CCCCCCCCC/C=C\CCCCCCCCCCCCOC(=O)CCCCCCCCCCCCCCCCCC. The second kappa shape index (κ2) is 62.1. The number of ether oxygens (including phenoxy) is 1. The Balaban J connectivity index is 3.40. The maximum Gasteiger partial charge on any atom is 0.305 e. The molecule has 0 saturated carbocycles. The minimum Gasteiger partial charge on any atom is -0.466 e. The first kappa shape index (κ1) is 70.6. The zero-order chi connectivity index (χ0) is 52.2. The molecular weight excluding hydrogens is 887 g/mol. The summed E-state index contributed by atoms with van der Waals surface area (Å²) in [6.07, 6.45) is 75.2. The first-order valence-electron chi connectivity index (χ1n) is 32.9. The summed E-state index contributed by atoms with van der Waals surface area (Å²) in [5.41, 5.74) is 0. The molecule has 0 radical (unpaired) electrons. The van der Waals surface area contributed by atoms with E-state index in [-0.39, 0.29) is 18.5 Å². The summed E-state index contributed by atoms with van der Waals surface area (Å²) in [5.74, 6) is -0.0264. The molecule has 0 heterocycles. The molecule has 0 aliphatic carbocycles. The van der Waals surface area contributed by atoms with Crippen molar-refractivity contribution < 1.29 is 24.5 Å². The van der Waals surface area contributed by atoms with Crippen LogP contribution in [0.25, 0.3) is 0 Å². The predicted octanol–water partition coefficient (Wildman–Crippen LogP) is 20.8. The maximum atomic E-state index is 12.5. The highest BCUT2D eigenvalue weighted by molar-refractivity contribution is 5.76. The summed E-state index contributed by atoms with van der Waals surface area (Å²) in [6.45, 7) is 4.98. The Morgan fingerprint density at radius 3 is 0.986 bits per heavy atom. The Kier molecular flexibility index (Phi) is 60.9. The second-order valence-corrected chi connectivity index (χ2v) is 22.8. The van der Waals surface area contributed by atoms with E-state index in [4.69, 9.17) is 4.74 Å². The average Bonchev–Trinajstić information content (AvgIpc) is 3.38. The minimum absolute atomic E-state index is 0.0127. The molecule has 0 spiro atoms. The zero-order valence-corrected chi connectivity index (χ0v) is 48.9. The number of hydrogen-bond acceptors (Lipinski definition) is 5. The third-order valence-corrected chi connectivity index (χ3v) is 15.6. The smallest absolute Gasteiger partial charge is 0.305 e. The van der Waals surface area contributed by atoms with Crippen molar-refractivity contribution in [3.8, 4) is 0 Å². The minimum atomic E-state index is -0.669. The van der Waals surface area contributed by atoms with Crippen LogP contribution in [0, 0.1) is 0 Å². The van der Waals surface area contributed by atoms with Crippen molar-refractivity contribution >= 4 is 11.9 Å². The molecule has 0 aromatic rings. The van der Waals surface area contributed by atoms with E-state index in [1.165, 1.54) is 302 Å². The number of aliphatic hydroxyl groups is 2. The van der Waals surface area contributed by atoms with Crippen LogP contribution in [0.1, 0.15) is 373 Å². The number of hydrogen-bond donors (Lipinski definition) is 3. The lowest BCUT2D eigenvalue weighted by Crippen LogP contribution is -2.45. The maximum absolute atomic E-state index is 12.5. The molecule has 0 aliphatic heterocycles. The van der Waals surface area contributed by atoms with E-state index in [1.807, 2.05) is 0 Å². The highest BCUT2D eigenvalue weighted by Crippen LogP contribution is 2.18. The molecule has 0 fully saturated rings. The van der Waals surface area contributed by atoms with E-state index in [1.54, 1.807) is 0 Å². The van der Waals surface area contributed by atoms with Gasteiger partial charge in [0, 0.05) is 12.8 Å². The quantitative estimate of drug-likeness (QED) is 0.0320. The normalized spacial score (nSPS) is 12.6. The van der Waals surface area contributed by atoms with Crippen LogP contribution in [0.2, 0.25) is 0 Å². The summed E-state index contributed by atoms with van der Waals surface area (Å²) < 4.78 is 5.49. The topological polar surface area (TPSA) is 95.9 Å². The molecule has 0 aromatic carbocycles. The van der Waals surface area contributed by atoms with Crippen molar-refractivity contribution in [3.63, 3.8) is 0 Å². The molecule has 2 atom stereocenters. The molecule has 3 N–H and O–H groups in total. The number of carbonyl (C=O) groups excluding carboxylic acids is 2. The van der Waals surface area contributed by atoms with Crippen molar-refractivity contribution in [2.75, 3.05) is 13.2 Å². The highest BCUT2D eigenvalue weighted by Gasteiger charge is 2.20. The van der Waals surface area contributed by atoms with Crippen LogP contribution in [-0.4, -0.2) is 47.4 Å². The van der Waals surface area contributed by atoms with E-state index >= 15 is 0 Å². The molecule has 2 unspecified atom stereocenters. The van der Waals surface area contributed by atoms with E-state index in [2.05, 4.69) is 31.3 Å². The average molecular weight is 1020 g/mol. The molecule has 0 aliphatic rings. The van der Waals surface area contributed by atoms with Gasteiger partial charge in [0.25, 0.3) is 0 Å². The van der Waals surface area contributed by atoms with Crippen LogP contribution < -0.4 is 5.32 Å². The van der Waals surface area contributed by atoms with Gasteiger partial charge in [0.05, 0.1) is 25.4 Å². The molecule has 6 nitrogen and oxygen atoms in total. The summed E-state index contributed by atoms with van der Waals surface area (Å²) in [7, 11) is 0. The van der Waals surface area contributed by atoms with Gasteiger partial charge < -0.3 is 20.3 Å². The predicted molar refractivity (Wildman–Crippen MR) is 315 cm³/mol. The van der Waals surface area contributed by atoms with Crippen LogP contribution in [0.15, 0.2) is 12.2 Å². The third-order valence-electron chi connectivity index (χ3n) is 15.6. The lowest BCUT2D eigenvalue weighted by Gasteiger charge is -2.22. The molecule has 72 heavy (non-hydrogen) atoms. The molecular formula is C66H129NO5. The molecule has 428 valence electrons. The summed E-state index contributed by atoms with van der Waals surface area (Å²) >= 11 is 0. The van der Waals surface area contributed by atoms with E-state index in [0.717, 1.165) is 38.5 Å². The van der Waals surface area contributed by atoms with Gasteiger partial charge in [-0.2, -0.15) is 0 Å². The number of unbranched alkanes of at least 4 members (excludes halogenated alkanes) is 49. The first-order valence-corrected chi connectivity index (χ1v) is 32.9. The van der Waals surface area contributed by atoms with Gasteiger partial charge in [-0.05, 0) is 51.4 Å². The summed E-state index contributed by atoms with van der Waals surface area (Å²) in [4.78, 5) is 24.6. The Morgan fingerprint density at radius 1 is 0.375 bits per heavy atom. The van der Waals surface area contributed by atoms with Gasteiger partial charge in [0.1, 0.15) is 0 Å². The third kappa shape index (κ3) is 57.9. The van der Waals surface area contributed by atoms with E-state index < -0.39 is 12.1 Å². The highest BCUT2D eigenvalue weighted by atomic mass is 16.5. The fourth-order valence-electron chi connectivity index (χ4n) is 10.5. The van der Waals surface area contributed by atoms with Crippen molar-refractivity contribution in [1.82, 2.24) is 5.32 Å². The van der Waals surface area contributed by atoms with Gasteiger partial charge in [-0.3, -0.25) is 9.59 Å². The fraction of sp³-hybridized carbons (Fsp3) is 0.939. The number of nitrogens with one attached hydrogen (secondary N) is 1. The monoisotopic (exact) mass is 1020 g/mol. The van der Waals surface area contributed by atoms with Crippen molar-refractivity contribution in [1.29, 1.82) is 0 Å². The fourth-order valence-corrected chi connectivity index (χ4v) is 10.5. The van der Waals surface area contributed by atoms with Gasteiger partial charge >= 0.3 is 5.97 Å². The number of allylic oxidation sites excluding steroid dienone is 2. The standard InChI is InChI=1S/C66H129NO5/c1-3-5-7-9-11-13-15-17-19-21-27-30-34-38-42-46-50-54-58-64(69)63(62-68)67-65(70)59-55-51-47-43-39-35-31-28-25-23-22-24-26-29-33-37-41-45-49-53-57-61-72-66(71)60-56-52-48-44-40-36-32-20-18-16-14-12-10-8-6-4-2/h23,25,63-64,68-69H,3-22,24,26-62H2,1-2H3,(H,67,70)/b25-23-. The summed E-state index contributed by atoms with van der Waals surface area (Å²) in [5, 5.41) is 23.3. The van der Waals surface area contributed by atoms with Gasteiger partial charge in [-0.1, -0.05) is 321 Å². The number of carbonyl (C=O) groups is 2. The van der Waals surface area contributed by atoms with Crippen molar-refractivity contribution in [3.05, 3.63) is 12.2 Å². The molecule has 6 heteroatoms. The number of rotatable bonds is 62. The molecule has 0 aromatic heterocycles. The van der Waals surface area contributed by atoms with Crippen LogP contribution in [0.3, 0.4) is 0 Å². The molecule has 0 saturated heterocycles. The number of aliphatic hydroxyl groups excluding tert-OH is 2. The van der Waals surface area contributed by atoms with E-state index in [9.17, 15) is 19.8 Å². The Labute approximate surface area is 450 Å². The second-order valence-electron chi connectivity index (χ2n) is 22.8. The van der Waals surface area contributed by atoms with Crippen LogP contribution in [-0.2, 0) is 14.3 Å². The van der Waals surface area contributed by atoms with Gasteiger partial charge in [-0.15, -0.1) is 0 Å². The van der Waals surface area contributed by atoms with Crippen LogP contribution in [0.4, 0.5) is 0 Å². The Morgan fingerprint density at radius 2 is 0.653 bits per heavy atom. The Hall–Kier alpha value is -1.40. The van der Waals surface area contributed by atoms with Gasteiger partial charge in [-0.25, -0.2) is 0 Å². The van der Waals surface area contributed by atoms with Crippen LogP contribution in [0.5, 0.6) is 0 Å². The number of amides is 1. The zero-order valence-electron chi connectivity index (χ0n) is 48.9. The van der Waals surface area contributed by atoms with E-state index in [0.29, 0.717) is 25.9 Å². The lowest BCUT2D eigenvalue weighted by atomic mass is 10.0. The number of esters is 1. The Bertz CT molecular complexity index is 1080. The van der Waals surface area contributed by atoms with Crippen molar-refractivity contribution in [2.24, 2.45) is 0 Å². The van der Waals surface area contributed by atoms with Crippen molar-refractivity contribution in [2.45, 2.75) is 386 Å². The van der Waals surface area contributed by atoms with Crippen LogP contribution >= 0.6 is 0 Å². The summed E-state index contributed by atoms with van der Waals surface area (Å²) in [6, 6.07) is -0.547.